The molecule has 10 aromatic rings. The molecule has 400 valence electrons. The van der Waals surface area contributed by atoms with Crippen molar-refractivity contribution >= 4 is 22.1 Å². The van der Waals surface area contributed by atoms with E-state index in [0.717, 1.165) is 83.8 Å². The molecule has 10 rings (SSSR count). The van der Waals surface area contributed by atoms with Gasteiger partial charge in [0.1, 0.15) is 17.4 Å². The Morgan fingerprint density at radius 2 is 1.03 bits per heavy atom. The molecular formula is C73H77N5O. The number of nitrogens with zero attached hydrogens (tertiary/aromatic N) is 5. The molecule has 6 nitrogen and oxygen atoms in total. The zero-order valence-electron chi connectivity index (χ0n) is 49.3. The second-order valence-corrected chi connectivity index (χ2v) is 26.5. The highest BCUT2D eigenvalue weighted by Crippen LogP contribution is 2.48. The smallest absolute Gasteiger partial charge is 0.149 e. The van der Waals surface area contributed by atoms with Gasteiger partial charge in [0.2, 0.25) is 0 Å². The van der Waals surface area contributed by atoms with Gasteiger partial charge in [-0.25, -0.2) is 9.97 Å². The number of para-hydroxylation sites is 1. The number of phenolic OH excluding ortho intramolecular Hbond substituents is 1. The van der Waals surface area contributed by atoms with E-state index in [1.165, 1.54) is 27.8 Å². The molecule has 0 radical (unpaired) electrons. The first-order valence-corrected chi connectivity index (χ1v) is 28.2. The van der Waals surface area contributed by atoms with Crippen molar-refractivity contribution in [3.05, 3.63) is 197 Å². The van der Waals surface area contributed by atoms with E-state index in [9.17, 15) is 10.4 Å². The molecule has 2 aromatic heterocycles. The number of hydrogen-bond donors (Lipinski definition) is 1. The standard InChI is InChI=1S/C73H77N5O/c1-44(2)56-38-49(47-24-19-17-20-25-47)39-57(45(3)4)66(56)78-64-29-23-28-55(65(64)76-69(78)59-41-54(72(11,12)13)42-60(67(59)79)73(14,15)16)50-35-51(37-53(36-50)71(8,9)10)68-75-61-34-46(43-74)30-32-63(61)77(68)62-33-31-52(70(5,6)7)40-58(62)48-26-21-18-22-27-48/h17-42,44-45,79H,1-16H3. The van der Waals surface area contributed by atoms with Crippen molar-refractivity contribution in [1.29, 1.82) is 5.26 Å². The number of nitriles is 1. The van der Waals surface area contributed by atoms with E-state index in [0.29, 0.717) is 17.0 Å². The summed E-state index contributed by atoms with van der Waals surface area (Å²) in [5.74, 6) is 2.01. The Hall–Kier alpha value is -8.01. The van der Waals surface area contributed by atoms with Crippen LogP contribution in [0.25, 0.3) is 89.6 Å². The Balaban J connectivity index is 1.32. The number of imidazole rings is 2. The van der Waals surface area contributed by atoms with Gasteiger partial charge >= 0.3 is 0 Å². The van der Waals surface area contributed by atoms with E-state index in [1.54, 1.807) is 0 Å². The summed E-state index contributed by atoms with van der Waals surface area (Å²) < 4.78 is 4.67. The first-order valence-electron chi connectivity index (χ1n) is 28.2. The van der Waals surface area contributed by atoms with Crippen molar-refractivity contribution in [3.8, 4) is 79.3 Å². The molecule has 0 spiro atoms. The van der Waals surface area contributed by atoms with Crippen molar-refractivity contribution in [2.24, 2.45) is 0 Å². The maximum atomic E-state index is 12.9. The fourth-order valence-electron chi connectivity index (χ4n) is 11.1. The van der Waals surface area contributed by atoms with Crippen LogP contribution < -0.4 is 0 Å². The molecule has 0 aliphatic heterocycles. The maximum Gasteiger partial charge on any atom is 0.149 e. The van der Waals surface area contributed by atoms with Crippen LogP contribution in [0.1, 0.15) is 162 Å². The van der Waals surface area contributed by atoms with Gasteiger partial charge in [-0.1, -0.05) is 202 Å². The van der Waals surface area contributed by atoms with Crippen molar-refractivity contribution in [2.75, 3.05) is 0 Å². The van der Waals surface area contributed by atoms with Crippen LogP contribution in [-0.4, -0.2) is 24.2 Å². The van der Waals surface area contributed by atoms with Crippen molar-refractivity contribution < 1.29 is 5.11 Å². The number of phenols is 1. The van der Waals surface area contributed by atoms with Gasteiger partial charge in [0.05, 0.1) is 50.6 Å². The fraction of sp³-hybridized carbons (Fsp3) is 0.301. The largest absolute Gasteiger partial charge is 0.507 e. The SMILES string of the molecule is CC(C)c1cc(-c2ccccc2)cc(C(C)C)c1-n1c(-c2cc(C(C)(C)C)cc(C(C)(C)C)c2O)nc2c(-c3cc(-c4nc5cc(C#N)ccc5n4-c4ccc(C(C)(C)C)cc4-c4ccccc4)cc(C(C)(C)C)c3)cccc21. The summed E-state index contributed by atoms with van der Waals surface area (Å²) >= 11 is 0. The number of hydrogen-bond acceptors (Lipinski definition) is 4. The summed E-state index contributed by atoms with van der Waals surface area (Å²) in [4.78, 5) is 11.4. The molecule has 8 aromatic carbocycles. The third-order valence-corrected chi connectivity index (χ3v) is 15.8. The normalized spacial score (nSPS) is 12.6. The summed E-state index contributed by atoms with van der Waals surface area (Å²) in [6, 6.07) is 58.9. The predicted molar refractivity (Wildman–Crippen MR) is 332 cm³/mol. The molecule has 79 heavy (non-hydrogen) atoms. The van der Waals surface area contributed by atoms with E-state index < -0.39 is 0 Å². The Kier molecular flexibility index (Phi) is 13.8. The summed E-state index contributed by atoms with van der Waals surface area (Å²) in [7, 11) is 0. The molecule has 0 amide bonds. The highest BCUT2D eigenvalue weighted by atomic mass is 16.3. The van der Waals surface area contributed by atoms with Crippen LogP contribution in [0.4, 0.5) is 0 Å². The average molecular weight is 1040 g/mol. The molecule has 0 aliphatic carbocycles. The van der Waals surface area contributed by atoms with Crippen LogP contribution in [-0.2, 0) is 21.7 Å². The minimum atomic E-state index is -0.363. The minimum absolute atomic E-state index is 0.0885. The number of aromatic nitrogens is 4. The predicted octanol–water partition coefficient (Wildman–Crippen LogP) is 19.7. The van der Waals surface area contributed by atoms with E-state index in [4.69, 9.17) is 9.97 Å². The molecule has 6 heteroatoms. The lowest BCUT2D eigenvalue weighted by atomic mass is 9.78. The molecule has 0 bridgehead atoms. The molecule has 0 atom stereocenters. The molecule has 0 fully saturated rings. The Bertz CT molecular complexity index is 3970. The van der Waals surface area contributed by atoms with Crippen LogP contribution in [0.2, 0.25) is 0 Å². The van der Waals surface area contributed by atoms with Crippen LogP contribution in [0.5, 0.6) is 5.75 Å². The zero-order valence-corrected chi connectivity index (χ0v) is 49.3. The zero-order chi connectivity index (χ0) is 56.7. The lowest BCUT2D eigenvalue weighted by Gasteiger charge is -2.28. The topological polar surface area (TPSA) is 79.7 Å². The van der Waals surface area contributed by atoms with Crippen LogP contribution in [0.15, 0.2) is 158 Å². The highest BCUT2D eigenvalue weighted by molar-refractivity contribution is 5.98. The van der Waals surface area contributed by atoms with Gasteiger partial charge in [-0.3, -0.25) is 9.13 Å². The van der Waals surface area contributed by atoms with Crippen LogP contribution >= 0.6 is 0 Å². The second kappa shape index (κ2) is 20.0. The molecule has 1 N–H and O–H groups in total. The van der Waals surface area contributed by atoms with Gasteiger partial charge in [0.15, 0.2) is 0 Å². The van der Waals surface area contributed by atoms with Gasteiger partial charge in [-0.2, -0.15) is 5.26 Å². The van der Waals surface area contributed by atoms with Gasteiger partial charge < -0.3 is 5.11 Å². The Morgan fingerprint density at radius 3 is 1.61 bits per heavy atom. The van der Waals surface area contributed by atoms with Crippen molar-refractivity contribution in [3.63, 3.8) is 0 Å². The first kappa shape index (κ1) is 54.3. The molecule has 0 saturated heterocycles. The van der Waals surface area contributed by atoms with Crippen LogP contribution in [0, 0.1) is 11.3 Å². The minimum Gasteiger partial charge on any atom is -0.507 e. The van der Waals surface area contributed by atoms with Gasteiger partial charge in [0, 0.05) is 22.3 Å². The van der Waals surface area contributed by atoms with Crippen molar-refractivity contribution in [2.45, 2.75) is 144 Å². The molecule has 0 aliphatic rings. The average Bonchev–Trinajstić information content (AvgIpc) is 4.24. The number of fused-ring (bicyclic) bond motifs is 2. The van der Waals surface area contributed by atoms with Gasteiger partial charge in [-0.05, 0) is 150 Å². The number of aromatic hydroxyl groups is 1. The van der Waals surface area contributed by atoms with E-state index in [1.807, 2.05) is 18.2 Å². The Morgan fingerprint density at radius 1 is 0.443 bits per heavy atom. The van der Waals surface area contributed by atoms with E-state index in [-0.39, 0.29) is 39.2 Å². The highest BCUT2D eigenvalue weighted by Gasteiger charge is 2.32. The molecular weight excluding hydrogens is 963 g/mol. The third kappa shape index (κ3) is 10.2. The van der Waals surface area contributed by atoms with Crippen molar-refractivity contribution in [1.82, 2.24) is 19.1 Å². The van der Waals surface area contributed by atoms with E-state index >= 15 is 0 Å². The lowest BCUT2D eigenvalue weighted by molar-refractivity contribution is 0.446. The molecule has 2 heterocycles. The third-order valence-electron chi connectivity index (χ3n) is 15.8. The number of rotatable bonds is 9. The summed E-state index contributed by atoms with van der Waals surface area (Å²) in [5, 5.41) is 23.1. The summed E-state index contributed by atoms with van der Waals surface area (Å²) in [6.07, 6.45) is 0. The monoisotopic (exact) mass is 1040 g/mol. The van der Waals surface area contributed by atoms with Gasteiger partial charge in [0.25, 0.3) is 0 Å². The fourth-order valence-corrected chi connectivity index (χ4v) is 11.1. The maximum absolute atomic E-state index is 12.9. The molecule has 0 unspecified atom stereocenters. The summed E-state index contributed by atoms with van der Waals surface area (Å²) in [5.41, 5.74) is 20.2. The van der Waals surface area contributed by atoms with Crippen LogP contribution in [0.3, 0.4) is 0 Å². The Labute approximate surface area is 469 Å². The summed E-state index contributed by atoms with van der Waals surface area (Å²) in [6.45, 7) is 36.0. The van der Waals surface area contributed by atoms with Gasteiger partial charge in [-0.15, -0.1) is 0 Å². The lowest BCUT2D eigenvalue weighted by Crippen LogP contribution is -2.17. The van der Waals surface area contributed by atoms with E-state index in [2.05, 4.69) is 266 Å². The second-order valence-electron chi connectivity index (χ2n) is 26.5. The number of benzene rings is 8. The molecule has 0 saturated carbocycles. The first-order chi connectivity index (χ1) is 37.2. The quantitative estimate of drug-likeness (QED) is 0.156.